The van der Waals surface area contributed by atoms with E-state index in [1.807, 2.05) is 60.7 Å². The van der Waals surface area contributed by atoms with E-state index < -0.39 is 0 Å². The third kappa shape index (κ3) is 2.86. The largest absolute Gasteiger partial charge is 0.444 e. The number of anilines is 3. The Balaban J connectivity index is 1.96. The van der Waals surface area contributed by atoms with Gasteiger partial charge in [-0.25, -0.2) is 4.98 Å². The van der Waals surface area contributed by atoms with E-state index >= 15 is 0 Å². The normalized spacial score (nSPS) is 10.8. The summed E-state index contributed by atoms with van der Waals surface area (Å²) >= 11 is 0. The van der Waals surface area contributed by atoms with Crippen LogP contribution in [0.5, 0.6) is 0 Å². The number of aromatic nitrogens is 1. The number of benzene rings is 3. The van der Waals surface area contributed by atoms with Crippen LogP contribution in [-0.2, 0) is 0 Å². The average Bonchev–Trinajstić information content (AvgIpc) is 3.17. The van der Waals surface area contributed by atoms with Gasteiger partial charge in [0.25, 0.3) is 0 Å². The number of hydrogen-bond donors (Lipinski definition) is 3. The van der Waals surface area contributed by atoms with Crippen molar-refractivity contribution in [3.8, 4) is 33.7 Å². The topological polar surface area (TPSA) is 104 Å². The van der Waals surface area contributed by atoms with Crippen LogP contribution in [0, 0.1) is 0 Å². The lowest BCUT2D eigenvalue weighted by Crippen LogP contribution is -1.95. The summed E-state index contributed by atoms with van der Waals surface area (Å²) < 4.78 is 5.44. The Hall–Kier alpha value is -3.73. The summed E-state index contributed by atoms with van der Waals surface area (Å²) in [4.78, 5) is 4.23. The minimum atomic E-state index is 0.489. The van der Waals surface area contributed by atoms with Gasteiger partial charge in [-0.05, 0) is 58.7 Å². The molecule has 0 saturated heterocycles. The molecule has 5 nitrogen and oxygen atoms in total. The molecule has 128 valence electrons. The van der Waals surface area contributed by atoms with E-state index in [0.29, 0.717) is 23.0 Å². The Labute approximate surface area is 151 Å². The first-order valence-corrected chi connectivity index (χ1v) is 8.17. The van der Waals surface area contributed by atoms with Crippen molar-refractivity contribution in [3.63, 3.8) is 0 Å². The lowest BCUT2D eigenvalue weighted by atomic mass is 9.91. The molecule has 3 aromatic carbocycles. The standard InChI is InChI=1S/C21H18N4O/c22-15-5-1-13(2-6-15)17-11-19(21-25-9-10-26-21)20(24)12-18(17)14-3-7-16(23)8-4-14/h1-12H,22-24H2. The molecule has 0 spiro atoms. The van der Waals surface area contributed by atoms with Gasteiger partial charge in [0, 0.05) is 17.1 Å². The summed E-state index contributed by atoms with van der Waals surface area (Å²) in [7, 11) is 0. The van der Waals surface area contributed by atoms with E-state index in [9.17, 15) is 0 Å². The van der Waals surface area contributed by atoms with Crippen LogP contribution in [0.25, 0.3) is 33.7 Å². The van der Waals surface area contributed by atoms with E-state index in [1.54, 1.807) is 6.20 Å². The fourth-order valence-electron chi connectivity index (χ4n) is 2.96. The van der Waals surface area contributed by atoms with Gasteiger partial charge in [-0.2, -0.15) is 0 Å². The van der Waals surface area contributed by atoms with Gasteiger partial charge in [0.2, 0.25) is 5.89 Å². The van der Waals surface area contributed by atoms with Crippen LogP contribution in [0.3, 0.4) is 0 Å². The zero-order valence-corrected chi connectivity index (χ0v) is 14.0. The minimum absolute atomic E-state index is 0.489. The molecule has 0 unspecified atom stereocenters. The fraction of sp³-hybridized carbons (Fsp3) is 0. The Bertz CT molecular complexity index is 1040. The molecule has 1 aromatic heterocycles. The molecule has 5 heteroatoms. The van der Waals surface area contributed by atoms with Crippen LogP contribution in [-0.4, -0.2) is 4.98 Å². The molecule has 0 atom stereocenters. The van der Waals surface area contributed by atoms with Crippen molar-refractivity contribution < 1.29 is 4.42 Å². The molecule has 0 amide bonds. The molecule has 0 saturated carbocycles. The highest BCUT2D eigenvalue weighted by Gasteiger charge is 2.15. The molecule has 0 aliphatic carbocycles. The molecular formula is C21H18N4O. The molecule has 0 bridgehead atoms. The Morgan fingerprint density at radius 2 is 1.19 bits per heavy atom. The van der Waals surface area contributed by atoms with Gasteiger partial charge in [0.1, 0.15) is 6.26 Å². The first kappa shape index (κ1) is 15.8. The van der Waals surface area contributed by atoms with Gasteiger partial charge in [0.15, 0.2) is 0 Å². The molecule has 6 N–H and O–H groups in total. The van der Waals surface area contributed by atoms with Crippen LogP contribution in [0.2, 0.25) is 0 Å². The Morgan fingerprint density at radius 3 is 1.69 bits per heavy atom. The van der Waals surface area contributed by atoms with Gasteiger partial charge in [-0.1, -0.05) is 24.3 Å². The molecule has 1 heterocycles. The number of nitrogens with zero attached hydrogens (tertiary/aromatic N) is 1. The molecule has 4 aromatic rings. The van der Waals surface area contributed by atoms with Gasteiger partial charge in [-0.15, -0.1) is 0 Å². The number of nitrogen functional groups attached to an aromatic ring is 3. The zero-order chi connectivity index (χ0) is 18.1. The predicted octanol–water partition coefficient (Wildman–Crippen LogP) is 4.42. The maximum atomic E-state index is 6.31. The minimum Gasteiger partial charge on any atom is -0.444 e. The SMILES string of the molecule is Nc1ccc(-c2cc(N)c(-c3ncco3)cc2-c2ccc(N)cc2)cc1. The summed E-state index contributed by atoms with van der Waals surface area (Å²) in [6.45, 7) is 0. The summed E-state index contributed by atoms with van der Waals surface area (Å²) in [6.07, 6.45) is 3.14. The maximum Gasteiger partial charge on any atom is 0.227 e. The van der Waals surface area contributed by atoms with Crippen LogP contribution in [0.1, 0.15) is 0 Å². The highest BCUT2D eigenvalue weighted by atomic mass is 16.3. The Kier molecular flexibility index (Phi) is 3.82. The smallest absolute Gasteiger partial charge is 0.227 e. The van der Waals surface area contributed by atoms with Crippen LogP contribution in [0.4, 0.5) is 17.1 Å². The molecule has 0 fully saturated rings. The van der Waals surface area contributed by atoms with Crippen molar-refractivity contribution in [2.24, 2.45) is 0 Å². The van der Waals surface area contributed by atoms with Crippen molar-refractivity contribution in [2.75, 3.05) is 17.2 Å². The van der Waals surface area contributed by atoms with Crippen LogP contribution in [0.15, 0.2) is 77.5 Å². The van der Waals surface area contributed by atoms with E-state index in [2.05, 4.69) is 4.98 Å². The molecule has 0 aliphatic rings. The maximum absolute atomic E-state index is 6.31. The monoisotopic (exact) mass is 342 g/mol. The van der Waals surface area contributed by atoms with Crippen molar-refractivity contribution in [1.82, 2.24) is 4.98 Å². The van der Waals surface area contributed by atoms with Crippen LogP contribution < -0.4 is 17.2 Å². The van der Waals surface area contributed by atoms with Crippen LogP contribution >= 0.6 is 0 Å². The van der Waals surface area contributed by atoms with Gasteiger partial charge < -0.3 is 21.6 Å². The van der Waals surface area contributed by atoms with E-state index in [4.69, 9.17) is 21.6 Å². The van der Waals surface area contributed by atoms with Crippen molar-refractivity contribution in [2.45, 2.75) is 0 Å². The van der Waals surface area contributed by atoms with Crippen molar-refractivity contribution >= 4 is 17.1 Å². The van der Waals surface area contributed by atoms with Gasteiger partial charge >= 0.3 is 0 Å². The fourth-order valence-corrected chi connectivity index (χ4v) is 2.96. The molecule has 4 rings (SSSR count). The van der Waals surface area contributed by atoms with E-state index in [-0.39, 0.29) is 0 Å². The molecule has 0 aliphatic heterocycles. The van der Waals surface area contributed by atoms with Gasteiger partial charge in [-0.3, -0.25) is 0 Å². The second kappa shape index (κ2) is 6.29. The first-order chi connectivity index (χ1) is 12.6. The van der Waals surface area contributed by atoms with Crippen molar-refractivity contribution in [3.05, 3.63) is 73.1 Å². The summed E-state index contributed by atoms with van der Waals surface area (Å²) in [5.41, 5.74) is 24.8. The lowest BCUT2D eigenvalue weighted by molar-refractivity contribution is 0.575. The highest BCUT2D eigenvalue weighted by Crippen LogP contribution is 2.39. The molecular weight excluding hydrogens is 324 g/mol. The predicted molar refractivity (Wildman–Crippen MR) is 106 cm³/mol. The number of nitrogens with two attached hydrogens (primary N) is 3. The molecule has 26 heavy (non-hydrogen) atoms. The first-order valence-electron chi connectivity index (χ1n) is 8.17. The zero-order valence-electron chi connectivity index (χ0n) is 14.0. The summed E-state index contributed by atoms with van der Waals surface area (Å²) in [5, 5.41) is 0. The number of oxazole rings is 1. The second-order valence-electron chi connectivity index (χ2n) is 6.07. The second-order valence-corrected chi connectivity index (χ2v) is 6.07. The summed E-state index contributed by atoms with van der Waals surface area (Å²) in [6, 6.07) is 19.4. The average molecular weight is 342 g/mol. The highest BCUT2D eigenvalue weighted by molar-refractivity contribution is 5.91. The number of hydrogen-bond acceptors (Lipinski definition) is 5. The molecule has 0 radical (unpaired) electrons. The van der Waals surface area contributed by atoms with E-state index in [0.717, 1.165) is 27.8 Å². The Morgan fingerprint density at radius 1 is 0.654 bits per heavy atom. The van der Waals surface area contributed by atoms with E-state index in [1.165, 1.54) is 6.26 Å². The third-order valence-electron chi connectivity index (χ3n) is 4.30. The third-order valence-corrected chi connectivity index (χ3v) is 4.30. The summed E-state index contributed by atoms with van der Waals surface area (Å²) in [5.74, 6) is 0.489. The van der Waals surface area contributed by atoms with Crippen molar-refractivity contribution in [1.29, 1.82) is 0 Å². The number of rotatable bonds is 3. The quantitative estimate of drug-likeness (QED) is 0.478. The lowest BCUT2D eigenvalue weighted by Gasteiger charge is -2.14. The van der Waals surface area contributed by atoms with Gasteiger partial charge in [0.05, 0.1) is 11.8 Å².